The van der Waals surface area contributed by atoms with Gasteiger partial charge < -0.3 is 79.5 Å². The van der Waals surface area contributed by atoms with E-state index in [9.17, 15) is 51.1 Å². The normalized spacial score (nSPS) is 35.3. The number of aromatic hydroxyl groups is 5. The highest BCUT2D eigenvalue weighted by atomic mass is 16.7. The lowest BCUT2D eigenvalue weighted by Crippen LogP contribution is -2.61. The quantitative estimate of drug-likeness (QED) is 0.124. The highest BCUT2D eigenvalue weighted by molar-refractivity contribution is 5.69. The molecule has 16 heteroatoms. The summed E-state index contributed by atoms with van der Waals surface area (Å²) in [5.41, 5.74) is 0.328. The maximum absolute atomic E-state index is 10.8. The molecular formula is C28H35O16+. The van der Waals surface area contributed by atoms with Crippen molar-refractivity contribution in [3.8, 4) is 34.5 Å². The van der Waals surface area contributed by atoms with Gasteiger partial charge in [0.25, 0.3) is 11.9 Å². The molecule has 2 fully saturated rings. The van der Waals surface area contributed by atoms with Crippen LogP contribution in [0.25, 0.3) is 6.08 Å². The van der Waals surface area contributed by atoms with Crippen LogP contribution in [0.3, 0.4) is 0 Å². The van der Waals surface area contributed by atoms with Gasteiger partial charge in [0.1, 0.15) is 59.8 Å². The molecule has 0 spiro atoms. The molecule has 0 amide bonds. The SMILES string of the molecule is COc1cc(C2[OH+]c3cc(O)cc(O)c3C=C2O[C@@H]2O[C@H](CO[C@@H]3O[C@@H](C)[C@H](O)[C@@H](O)[C@H]3O)[C@@H](O)[C@H](O)[C@H]2O)cc(O)c1O. The Bertz CT molecular complexity index is 1380. The van der Waals surface area contributed by atoms with Crippen molar-refractivity contribution in [2.75, 3.05) is 13.7 Å². The van der Waals surface area contributed by atoms with E-state index in [1.54, 1.807) is 0 Å². The highest BCUT2D eigenvalue weighted by Gasteiger charge is 2.48. The van der Waals surface area contributed by atoms with Gasteiger partial charge in [0.15, 0.2) is 23.5 Å². The van der Waals surface area contributed by atoms with Crippen molar-refractivity contribution in [1.29, 1.82) is 0 Å². The molecule has 0 bridgehead atoms. The van der Waals surface area contributed by atoms with Gasteiger partial charge in [-0.3, -0.25) is 0 Å². The van der Waals surface area contributed by atoms with Crippen molar-refractivity contribution in [2.45, 2.75) is 74.4 Å². The van der Waals surface area contributed by atoms with E-state index >= 15 is 0 Å². The first-order valence-corrected chi connectivity index (χ1v) is 13.6. The molecule has 0 radical (unpaired) electrons. The summed E-state index contributed by atoms with van der Waals surface area (Å²) in [7, 11) is 1.26. The molecule has 2 saturated heterocycles. The Labute approximate surface area is 249 Å². The minimum atomic E-state index is -1.83. The molecule has 0 aromatic heterocycles. The first kappa shape index (κ1) is 31.8. The fourth-order valence-electron chi connectivity index (χ4n) is 5.18. The van der Waals surface area contributed by atoms with Crippen LogP contribution in [0.15, 0.2) is 30.0 Å². The van der Waals surface area contributed by atoms with E-state index in [-0.39, 0.29) is 39.9 Å². The van der Waals surface area contributed by atoms with Gasteiger partial charge in [0.2, 0.25) is 12.0 Å². The summed E-state index contributed by atoms with van der Waals surface area (Å²) in [6.45, 7) is 0.924. The van der Waals surface area contributed by atoms with Gasteiger partial charge in [-0.05, 0) is 19.1 Å². The number of rotatable bonds is 7. The standard InChI is InChI=1S/C28H34O16/c1-9-19(32)22(35)24(37)27(41-9)40-8-18-21(34)23(36)25(38)28(44-18)43-17-7-12-13(30)5-11(29)6-15(12)42-26(17)10-3-14(31)20(33)16(4-10)39-2/h3-7,9,18-19,21-38H,8H2,1-2H3/p+1/t9-,18+,19-,21+,22+,23-,24+,25+,26?,27+,28+/m0/s1. The number of hydrogen-bond acceptors (Lipinski definition) is 15. The smallest absolute Gasteiger partial charge is 0.270 e. The third-order valence-corrected chi connectivity index (χ3v) is 7.71. The van der Waals surface area contributed by atoms with Crippen LogP contribution in [0.1, 0.15) is 24.2 Å². The molecule has 242 valence electrons. The molecule has 3 heterocycles. The number of aliphatic hydroxyl groups is 7. The van der Waals surface area contributed by atoms with Crippen LogP contribution < -0.4 is 4.74 Å². The Morgan fingerprint density at radius 1 is 0.773 bits per heavy atom. The summed E-state index contributed by atoms with van der Waals surface area (Å²) in [4.78, 5) is 0. The summed E-state index contributed by atoms with van der Waals surface area (Å²) in [5.74, 6) is -1.81. The lowest BCUT2D eigenvalue weighted by molar-refractivity contribution is -0.325. The van der Waals surface area contributed by atoms with Crippen molar-refractivity contribution in [3.05, 3.63) is 41.2 Å². The number of benzene rings is 2. The van der Waals surface area contributed by atoms with Crippen LogP contribution in [0, 0.1) is 0 Å². The van der Waals surface area contributed by atoms with Crippen molar-refractivity contribution in [3.63, 3.8) is 0 Å². The Balaban J connectivity index is 1.42. The minimum absolute atomic E-state index is 0.0880. The van der Waals surface area contributed by atoms with Crippen LogP contribution in [0.5, 0.6) is 34.5 Å². The summed E-state index contributed by atoms with van der Waals surface area (Å²) in [5, 5.41) is 103. The summed E-state index contributed by atoms with van der Waals surface area (Å²) in [6.07, 6.45) is -15.1. The number of aliphatic hydroxyl groups excluding tert-OH is 6. The van der Waals surface area contributed by atoms with E-state index < -0.39 is 85.6 Å². The Morgan fingerprint density at radius 2 is 1.45 bits per heavy atom. The van der Waals surface area contributed by atoms with Gasteiger partial charge in [-0.2, -0.15) is 0 Å². The zero-order valence-electron chi connectivity index (χ0n) is 23.4. The van der Waals surface area contributed by atoms with E-state index in [1.807, 2.05) is 0 Å². The lowest BCUT2D eigenvalue weighted by Gasteiger charge is -2.42. The van der Waals surface area contributed by atoms with Crippen molar-refractivity contribution >= 4 is 6.08 Å². The molecular weight excluding hydrogens is 592 g/mol. The minimum Gasteiger partial charge on any atom is -0.571 e. The molecule has 3 aliphatic heterocycles. The average molecular weight is 628 g/mol. The first-order valence-electron chi connectivity index (χ1n) is 13.6. The maximum Gasteiger partial charge on any atom is 0.270 e. The zero-order valence-corrected chi connectivity index (χ0v) is 23.4. The average Bonchev–Trinajstić information content (AvgIpc) is 2.99. The molecule has 2 aromatic carbocycles. The predicted octanol–water partition coefficient (Wildman–Crippen LogP) is -1.48. The molecule has 44 heavy (non-hydrogen) atoms. The molecule has 0 aliphatic carbocycles. The van der Waals surface area contributed by atoms with Crippen LogP contribution >= 0.6 is 0 Å². The highest BCUT2D eigenvalue weighted by Crippen LogP contribution is 2.47. The molecule has 16 nitrogen and oxygen atoms in total. The van der Waals surface area contributed by atoms with Gasteiger partial charge in [0, 0.05) is 12.1 Å². The fourth-order valence-corrected chi connectivity index (χ4v) is 5.18. The Hall–Kier alpha value is -3.58. The fraction of sp³-hybridized carbons (Fsp3) is 0.500. The second-order valence-electron chi connectivity index (χ2n) is 10.7. The lowest BCUT2D eigenvalue weighted by atomic mass is 9.98. The van der Waals surface area contributed by atoms with Crippen LogP contribution in [-0.4, -0.2) is 131 Å². The monoisotopic (exact) mass is 627 g/mol. The number of ether oxygens (including phenoxy) is 6. The van der Waals surface area contributed by atoms with Crippen LogP contribution in [0.4, 0.5) is 0 Å². The third-order valence-electron chi connectivity index (χ3n) is 7.71. The van der Waals surface area contributed by atoms with Gasteiger partial charge in [-0.1, -0.05) is 0 Å². The van der Waals surface area contributed by atoms with E-state index in [0.29, 0.717) is 0 Å². The van der Waals surface area contributed by atoms with E-state index in [1.165, 1.54) is 38.3 Å². The number of hydrogen-bond donors (Lipinski definition) is 10. The third kappa shape index (κ3) is 5.91. The summed E-state index contributed by atoms with van der Waals surface area (Å²) in [6, 6.07) is 4.86. The molecule has 0 saturated carbocycles. The van der Waals surface area contributed by atoms with Gasteiger partial charge in [-0.15, -0.1) is 0 Å². The van der Waals surface area contributed by atoms with Gasteiger partial charge >= 0.3 is 0 Å². The zero-order chi connectivity index (χ0) is 32.0. The van der Waals surface area contributed by atoms with Crippen molar-refractivity contribution < 1.29 is 79.5 Å². The molecule has 2 aromatic rings. The van der Waals surface area contributed by atoms with E-state index in [4.69, 9.17) is 23.7 Å². The number of fused-ring (bicyclic) bond motifs is 1. The predicted molar refractivity (Wildman–Crippen MR) is 145 cm³/mol. The van der Waals surface area contributed by atoms with E-state index in [0.717, 1.165) is 6.07 Å². The summed E-state index contributed by atoms with van der Waals surface area (Å²) < 4.78 is 32.2. The van der Waals surface area contributed by atoms with E-state index in [2.05, 4.69) is 4.74 Å². The van der Waals surface area contributed by atoms with Gasteiger partial charge in [0.05, 0.1) is 31.5 Å². The number of phenols is 4. The summed E-state index contributed by atoms with van der Waals surface area (Å²) >= 11 is 0. The molecule has 3 aliphatic rings. The Kier molecular flexibility index (Phi) is 8.99. The van der Waals surface area contributed by atoms with Crippen LogP contribution in [0.2, 0.25) is 0 Å². The maximum atomic E-state index is 10.8. The molecule has 11 atom stereocenters. The topological polar surface area (TPSA) is 261 Å². The number of methoxy groups -OCH3 is 1. The van der Waals surface area contributed by atoms with Gasteiger partial charge in [-0.25, -0.2) is 0 Å². The molecule has 1 unspecified atom stereocenters. The second kappa shape index (κ2) is 12.4. The van der Waals surface area contributed by atoms with Crippen LogP contribution in [-0.2, 0) is 18.9 Å². The second-order valence-corrected chi connectivity index (χ2v) is 10.7. The largest absolute Gasteiger partial charge is 0.571 e. The Morgan fingerprint density at radius 3 is 2.16 bits per heavy atom. The van der Waals surface area contributed by atoms with Crippen molar-refractivity contribution in [2.24, 2.45) is 0 Å². The molecule has 11 N–H and O–H groups in total. The molecule has 5 rings (SSSR count). The van der Waals surface area contributed by atoms with Crippen molar-refractivity contribution in [1.82, 2.24) is 0 Å². The first-order chi connectivity index (χ1) is 20.8. The number of phenolic OH excluding ortho intramolecular Hbond substituents is 4.